The van der Waals surface area contributed by atoms with Crippen LogP contribution in [-0.4, -0.2) is 48.6 Å². The van der Waals surface area contributed by atoms with E-state index in [9.17, 15) is 26.7 Å². The van der Waals surface area contributed by atoms with E-state index in [-0.39, 0.29) is 18.6 Å². The van der Waals surface area contributed by atoms with Gasteiger partial charge in [0.2, 0.25) is 0 Å². The topological polar surface area (TPSA) is 159 Å². The van der Waals surface area contributed by atoms with Crippen molar-refractivity contribution in [2.45, 2.75) is 45.7 Å². The summed E-state index contributed by atoms with van der Waals surface area (Å²) < 4.78 is 68.8. The molecule has 0 saturated heterocycles. The van der Waals surface area contributed by atoms with Crippen molar-refractivity contribution in [1.29, 1.82) is 5.26 Å². The van der Waals surface area contributed by atoms with Crippen molar-refractivity contribution in [2.24, 2.45) is 0 Å². The summed E-state index contributed by atoms with van der Waals surface area (Å²) >= 11 is 6.25. The maximum absolute atomic E-state index is 11.2. The van der Waals surface area contributed by atoms with E-state index in [0.29, 0.717) is 43.1 Å². The maximum Gasteiger partial charge on any atom is 0.282 e. The van der Waals surface area contributed by atoms with Crippen molar-refractivity contribution in [1.82, 2.24) is 4.57 Å². The molecule has 0 amide bonds. The van der Waals surface area contributed by atoms with E-state index in [1.54, 1.807) is 12.1 Å². The third kappa shape index (κ3) is 7.90. The molecule has 2 N–H and O–H groups in total. The summed E-state index contributed by atoms with van der Waals surface area (Å²) in [7, 11) is -8.34. The number of hydrogen-bond acceptors (Lipinski definition) is 8. The van der Waals surface area contributed by atoms with Gasteiger partial charge < -0.3 is 14.8 Å². The Morgan fingerprint density at radius 1 is 1.07 bits per heavy atom. The molecule has 11 nitrogen and oxygen atoms in total. The van der Waals surface area contributed by atoms with Crippen LogP contribution < -0.4 is 14.8 Å². The molecule has 42 heavy (non-hydrogen) atoms. The van der Waals surface area contributed by atoms with Crippen molar-refractivity contribution in [3.8, 4) is 6.07 Å². The van der Waals surface area contributed by atoms with Crippen LogP contribution in [0.5, 0.6) is 0 Å². The van der Waals surface area contributed by atoms with Gasteiger partial charge in [0.05, 0.1) is 52.0 Å². The van der Waals surface area contributed by atoms with Crippen LogP contribution in [0.2, 0.25) is 5.02 Å². The lowest BCUT2D eigenvalue weighted by atomic mass is 10.2. The highest BCUT2D eigenvalue weighted by Gasteiger charge is 2.25. The summed E-state index contributed by atoms with van der Waals surface area (Å²) in [6.45, 7) is 3.60. The second-order valence-corrected chi connectivity index (χ2v) is 13.4. The zero-order chi connectivity index (χ0) is 30.5. The summed E-state index contributed by atoms with van der Waals surface area (Å²) in [4.78, 5) is 1.99. The average molecular weight is 634 g/mol. The molecular formula is C28H32ClN5O6S2. The number of nitriles is 1. The Morgan fingerprint density at radius 3 is 2.50 bits per heavy atom. The minimum Gasteiger partial charge on any atom is -0.748 e. The fourth-order valence-electron chi connectivity index (χ4n) is 5.05. The van der Waals surface area contributed by atoms with Gasteiger partial charge in [0.15, 0.2) is 11.0 Å². The van der Waals surface area contributed by atoms with Gasteiger partial charge in [0.25, 0.3) is 15.9 Å². The number of imidazole rings is 1. The lowest BCUT2D eigenvalue weighted by Gasteiger charge is -2.20. The zero-order valence-electron chi connectivity index (χ0n) is 23.0. The Labute approximate surface area is 250 Å². The number of unbranched alkanes of at least 4 members (excludes halogenated alkanes) is 2. The van der Waals surface area contributed by atoms with Crippen LogP contribution in [-0.2, 0) is 33.3 Å². The maximum atomic E-state index is 11.2. The van der Waals surface area contributed by atoms with Crippen LogP contribution in [0, 0.1) is 11.3 Å². The normalized spacial score (nSPS) is 14.5. The third-order valence-electron chi connectivity index (χ3n) is 6.92. The SMILES string of the molecule is CC[n+]1c(/C=C/C=C2\Nc3ccc(Cl)cc3N2CCCCS(=O)(=O)[O-])n(CCCCS(=O)(=O)O)c2cc(C#N)ccc21. The summed E-state index contributed by atoms with van der Waals surface area (Å²) in [5, 5.41) is 13.4. The summed E-state index contributed by atoms with van der Waals surface area (Å²) in [6, 6.07) is 13.1. The van der Waals surface area contributed by atoms with Crippen LogP contribution >= 0.6 is 11.6 Å². The third-order valence-corrected chi connectivity index (χ3v) is 8.75. The second kappa shape index (κ2) is 13.3. The first-order valence-electron chi connectivity index (χ1n) is 13.5. The molecule has 1 aromatic heterocycles. The van der Waals surface area contributed by atoms with E-state index in [0.717, 1.165) is 34.1 Å². The van der Waals surface area contributed by atoms with Gasteiger partial charge in [0.1, 0.15) is 5.82 Å². The predicted molar refractivity (Wildman–Crippen MR) is 162 cm³/mol. The number of fused-ring (bicyclic) bond motifs is 2. The molecule has 0 fully saturated rings. The summed E-state index contributed by atoms with van der Waals surface area (Å²) in [5.74, 6) is 0.846. The molecule has 224 valence electrons. The largest absolute Gasteiger partial charge is 0.748 e. The predicted octanol–water partition coefficient (Wildman–Crippen LogP) is 4.25. The standard InChI is InChI=1S/C28H32ClN5O6S2/c1-2-32-24-13-10-21(20-30)18-26(24)34(15-4-6-17-42(38,39)40)28(32)9-7-8-27-31-23-12-11-22(29)19-25(23)33(27)14-3-5-16-41(35,36)37/h7-13,18-19H,2-6,14-17H2,1H3,(H2,35,36,37,38,39,40). The van der Waals surface area contributed by atoms with Gasteiger partial charge in [-0.05, 0) is 69.0 Å². The van der Waals surface area contributed by atoms with E-state index < -0.39 is 26.0 Å². The zero-order valence-corrected chi connectivity index (χ0v) is 25.4. The second-order valence-electron chi connectivity index (χ2n) is 9.88. The Hall–Kier alpha value is -3.41. The van der Waals surface area contributed by atoms with E-state index in [1.165, 1.54) is 0 Å². The number of nitrogens with one attached hydrogen (secondary N) is 1. The van der Waals surface area contributed by atoms with Gasteiger partial charge in [-0.1, -0.05) is 17.7 Å². The first kappa shape index (κ1) is 31.5. The molecular weight excluding hydrogens is 602 g/mol. The van der Waals surface area contributed by atoms with Crippen LogP contribution in [0.15, 0.2) is 54.4 Å². The minimum atomic E-state index is -4.28. The Bertz CT molecular complexity index is 1790. The Balaban J connectivity index is 1.66. The smallest absolute Gasteiger partial charge is 0.282 e. The number of aryl methyl sites for hydroxylation is 2. The lowest BCUT2D eigenvalue weighted by Crippen LogP contribution is -2.35. The number of anilines is 2. The number of aromatic nitrogens is 2. The Morgan fingerprint density at radius 2 is 1.81 bits per heavy atom. The lowest BCUT2D eigenvalue weighted by molar-refractivity contribution is -0.670. The fourth-order valence-corrected chi connectivity index (χ4v) is 6.34. The Kier molecular flexibility index (Phi) is 9.96. The summed E-state index contributed by atoms with van der Waals surface area (Å²) in [5.41, 5.74) is 3.96. The molecule has 2 aromatic carbocycles. The molecule has 0 bridgehead atoms. The number of halogens is 1. The van der Waals surface area contributed by atoms with E-state index in [4.69, 9.17) is 16.2 Å². The molecule has 3 aromatic rings. The molecule has 4 rings (SSSR count). The van der Waals surface area contributed by atoms with Crippen LogP contribution in [0.4, 0.5) is 11.4 Å². The molecule has 2 heterocycles. The van der Waals surface area contributed by atoms with Gasteiger partial charge in [-0.2, -0.15) is 13.7 Å². The van der Waals surface area contributed by atoms with Gasteiger partial charge in [0, 0.05) is 29.5 Å². The first-order chi connectivity index (χ1) is 19.9. The van der Waals surface area contributed by atoms with Crippen molar-refractivity contribution < 1.29 is 30.5 Å². The average Bonchev–Trinajstić information content (AvgIpc) is 3.41. The van der Waals surface area contributed by atoms with Crippen molar-refractivity contribution in [3.05, 3.63) is 70.8 Å². The highest BCUT2D eigenvalue weighted by molar-refractivity contribution is 7.85. The summed E-state index contributed by atoms with van der Waals surface area (Å²) in [6.07, 6.45) is 7.19. The van der Waals surface area contributed by atoms with Crippen LogP contribution in [0.3, 0.4) is 0 Å². The number of hydrogen-bond donors (Lipinski definition) is 2. The molecule has 0 saturated carbocycles. The number of nitrogens with zero attached hydrogens (tertiary/aromatic N) is 4. The van der Waals surface area contributed by atoms with Gasteiger partial charge in [-0.25, -0.2) is 17.6 Å². The quantitative estimate of drug-likeness (QED) is 0.159. The molecule has 0 radical (unpaired) electrons. The van der Waals surface area contributed by atoms with E-state index in [2.05, 4.69) is 16.0 Å². The van der Waals surface area contributed by atoms with Crippen molar-refractivity contribution in [2.75, 3.05) is 28.3 Å². The van der Waals surface area contributed by atoms with Crippen molar-refractivity contribution >= 4 is 60.3 Å². The number of rotatable bonds is 13. The van der Waals surface area contributed by atoms with Crippen molar-refractivity contribution in [3.63, 3.8) is 0 Å². The molecule has 14 heteroatoms. The van der Waals surface area contributed by atoms with Gasteiger partial charge >= 0.3 is 0 Å². The van der Waals surface area contributed by atoms with Gasteiger partial charge in [-0.3, -0.25) is 4.55 Å². The first-order valence-corrected chi connectivity index (χ1v) is 17.0. The molecule has 0 spiro atoms. The number of allylic oxidation sites excluding steroid dienone is 2. The van der Waals surface area contributed by atoms with Gasteiger partial charge in [-0.15, -0.1) is 0 Å². The van der Waals surface area contributed by atoms with E-state index in [1.807, 2.05) is 58.9 Å². The van der Waals surface area contributed by atoms with Crippen LogP contribution in [0.25, 0.3) is 17.1 Å². The molecule has 0 aliphatic carbocycles. The molecule has 1 aliphatic heterocycles. The fraction of sp³-hybridized carbons (Fsp3) is 0.357. The molecule has 0 atom stereocenters. The monoisotopic (exact) mass is 633 g/mol. The van der Waals surface area contributed by atoms with E-state index >= 15 is 0 Å². The molecule has 0 unspecified atom stereocenters. The van der Waals surface area contributed by atoms with Crippen LogP contribution in [0.1, 0.15) is 44.0 Å². The molecule has 1 aliphatic rings. The highest BCUT2D eigenvalue weighted by atomic mass is 35.5. The minimum absolute atomic E-state index is 0.236. The number of benzene rings is 2. The highest BCUT2D eigenvalue weighted by Crippen LogP contribution is 2.38.